The van der Waals surface area contributed by atoms with Crippen LogP contribution in [-0.4, -0.2) is 22.9 Å². The Hall–Kier alpha value is -2.57. The molecule has 1 aromatic heterocycles. The molecule has 1 N–H and O–H groups in total. The van der Waals surface area contributed by atoms with Crippen molar-refractivity contribution in [2.75, 3.05) is 6.61 Å². The third kappa shape index (κ3) is 5.02. The van der Waals surface area contributed by atoms with Gasteiger partial charge >= 0.3 is 6.18 Å². The van der Waals surface area contributed by atoms with Crippen molar-refractivity contribution in [3.05, 3.63) is 94.3 Å². The second-order valence-corrected chi connectivity index (χ2v) is 7.85. The monoisotopic (exact) mass is 449 g/mol. The molecule has 0 aliphatic carbocycles. The van der Waals surface area contributed by atoms with Gasteiger partial charge in [0.05, 0.1) is 6.61 Å². The van der Waals surface area contributed by atoms with Crippen molar-refractivity contribution >= 4 is 11.6 Å². The topological polar surface area (TPSA) is 42.4 Å². The zero-order valence-electron chi connectivity index (χ0n) is 17.2. The van der Waals surface area contributed by atoms with E-state index in [4.69, 9.17) is 16.3 Å². The fraction of sp³-hybridized carbons (Fsp3) is 0.292. The Balaban J connectivity index is 1.83. The van der Waals surface area contributed by atoms with Crippen molar-refractivity contribution in [1.82, 2.24) is 4.98 Å². The molecule has 0 bridgehead atoms. The van der Waals surface area contributed by atoms with Crippen LogP contribution in [0.15, 0.2) is 66.9 Å². The summed E-state index contributed by atoms with van der Waals surface area (Å²) < 4.78 is 47.9. The highest BCUT2D eigenvalue weighted by molar-refractivity contribution is 6.31. The van der Waals surface area contributed by atoms with Crippen LogP contribution in [0.4, 0.5) is 13.2 Å². The summed E-state index contributed by atoms with van der Waals surface area (Å²) in [6, 6.07) is 16.7. The minimum atomic E-state index is -4.92. The standard InChI is InChI=1S/C24H23ClF3NO2/c1-16-14-19(10-12-29-16)23(30,24(26,27)28)17(2)21-9-8-20(15-22(21)25)31-13-11-18-6-4-3-5-7-18/h3-10,12,14-15,17,30H,11,13H2,1-2H3. The first-order valence-electron chi connectivity index (χ1n) is 9.81. The first-order chi connectivity index (χ1) is 14.6. The maximum absolute atomic E-state index is 14.1. The van der Waals surface area contributed by atoms with E-state index in [1.165, 1.54) is 37.4 Å². The van der Waals surface area contributed by atoms with Crippen LogP contribution >= 0.6 is 11.6 Å². The van der Waals surface area contributed by atoms with Gasteiger partial charge in [0.1, 0.15) is 5.75 Å². The lowest BCUT2D eigenvalue weighted by molar-refractivity contribution is -0.274. The van der Waals surface area contributed by atoms with Crippen molar-refractivity contribution < 1.29 is 23.0 Å². The van der Waals surface area contributed by atoms with Crippen LogP contribution in [0.3, 0.4) is 0 Å². The van der Waals surface area contributed by atoms with Crippen LogP contribution in [0, 0.1) is 6.92 Å². The molecule has 0 saturated heterocycles. The Morgan fingerprint density at radius 2 is 1.77 bits per heavy atom. The molecule has 0 fully saturated rings. The Bertz CT molecular complexity index is 1030. The number of aromatic nitrogens is 1. The zero-order chi connectivity index (χ0) is 22.6. The molecule has 1 heterocycles. The fourth-order valence-electron chi connectivity index (χ4n) is 3.55. The summed E-state index contributed by atoms with van der Waals surface area (Å²) in [4.78, 5) is 3.93. The summed E-state index contributed by atoms with van der Waals surface area (Å²) in [5.74, 6) is -0.910. The number of nitrogens with zero attached hydrogens (tertiary/aromatic N) is 1. The number of rotatable bonds is 7. The van der Waals surface area contributed by atoms with Crippen LogP contribution in [0.5, 0.6) is 5.75 Å². The predicted octanol–water partition coefficient (Wildman–Crippen LogP) is 6.22. The Morgan fingerprint density at radius 1 is 1.06 bits per heavy atom. The van der Waals surface area contributed by atoms with Crippen molar-refractivity contribution in [2.45, 2.75) is 38.0 Å². The molecule has 3 rings (SSSR count). The predicted molar refractivity (Wildman–Crippen MR) is 114 cm³/mol. The summed E-state index contributed by atoms with van der Waals surface area (Å²) in [5.41, 5.74) is -1.74. The van der Waals surface area contributed by atoms with Crippen LogP contribution in [0.1, 0.15) is 35.2 Å². The molecule has 0 amide bonds. The molecule has 2 atom stereocenters. The molecular formula is C24H23ClF3NO2. The average molecular weight is 450 g/mol. The van der Waals surface area contributed by atoms with Gasteiger partial charge in [0.25, 0.3) is 0 Å². The minimum Gasteiger partial charge on any atom is -0.493 e. The van der Waals surface area contributed by atoms with Crippen molar-refractivity contribution in [3.63, 3.8) is 0 Å². The number of hydrogen-bond acceptors (Lipinski definition) is 3. The van der Waals surface area contributed by atoms with Gasteiger partial charge in [-0.15, -0.1) is 0 Å². The second kappa shape index (κ2) is 9.28. The third-order valence-corrected chi connectivity index (χ3v) is 5.66. The number of pyridine rings is 1. The highest BCUT2D eigenvalue weighted by atomic mass is 35.5. The van der Waals surface area contributed by atoms with Crippen LogP contribution in [-0.2, 0) is 12.0 Å². The lowest BCUT2D eigenvalue weighted by Crippen LogP contribution is -2.46. The highest BCUT2D eigenvalue weighted by Crippen LogP contribution is 2.50. The van der Waals surface area contributed by atoms with E-state index in [0.29, 0.717) is 24.5 Å². The number of alkyl halides is 3. The van der Waals surface area contributed by atoms with E-state index in [9.17, 15) is 18.3 Å². The molecule has 3 aromatic rings. The van der Waals surface area contributed by atoms with Crippen LogP contribution in [0.25, 0.3) is 0 Å². The van der Waals surface area contributed by atoms with Gasteiger partial charge in [-0.05, 0) is 47.9 Å². The summed E-state index contributed by atoms with van der Waals surface area (Å²) in [7, 11) is 0. The molecule has 0 aliphatic heterocycles. The van der Waals surface area contributed by atoms with Gasteiger partial charge in [0, 0.05) is 29.3 Å². The summed E-state index contributed by atoms with van der Waals surface area (Å²) in [5, 5.41) is 11.0. The van der Waals surface area contributed by atoms with E-state index in [0.717, 1.165) is 5.56 Å². The molecular weight excluding hydrogens is 427 g/mol. The van der Waals surface area contributed by atoms with Gasteiger partial charge < -0.3 is 9.84 Å². The van der Waals surface area contributed by atoms with Gasteiger partial charge in [-0.25, -0.2) is 0 Å². The van der Waals surface area contributed by atoms with E-state index in [-0.39, 0.29) is 16.1 Å². The third-order valence-electron chi connectivity index (χ3n) is 5.34. The molecule has 7 heteroatoms. The van der Waals surface area contributed by atoms with Gasteiger partial charge in [0.15, 0.2) is 5.60 Å². The quantitative estimate of drug-likeness (QED) is 0.465. The van der Waals surface area contributed by atoms with E-state index in [1.54, 1.807) is 13.0 Å². The number of halogens is 4. The first-order valence-corrected chi connectivity index (χ1v) is 10.2. The number of aliphatic hydroxyl groups is 1. The molecule has 164 valence electrons. The Labute approximate surface area is 184 Å². The van der Waals surface area contributed by atoms with Gasteiger partial charge in [-0.3, -0.25) is 4.98 Å². The fourth-order valence-corrected chi connectivity index (χ4v) is 3.88. The smallest absolute Gasteiger partial charge is 0.422 e. The number of hydrogen-bond donors (Lipinski definition) is 1. The van der Waals surface area contributed by atoms with E-state index in [1.807, 2.05) is 30.3 Å². The number of ether oxygens (including phenoxy) is 1. The maximum Gasteiger partial charge on any atom is 0.422 e. The Morgan fingerprint density at radius 3 is 2.39 bits per heavy atom. The summed E-state index contributed by atoms with van der Waals surface area (Å²) >= 11 is 6.32. The van der Waals surface area contributed by atoms with Gasteiger partial charge in [-0.2, -0.15) is 13.2 Å². The lowest BCUT2D eigenvalue weighted by Gasteiger charge is -2.37. The van der Waals surface area contributed by atoms with Gasteiger partial charge in [0.2, 0.25) is 0 Å². The van der Waals surface area contributed by atoms with E-state index < -0.39 is 17.7 Å². The maximum atomic E-state index is 14.1. The van der Waals surface area contributed by atoms with Crippen molar-refractivity contribution in [2.24, 2.45) is 0 Å². The Kier molecular flexibility index (Phi) is 6.92. The molecule has 0 spiro atoms. The van der Waals surface area contributed by atoms with Crippen LogP contribution in [0.2, 0.25) is 5.02 Å². The van der Waals surface area contributed by atoms with E-state index >= 15 is 0 Å². The number of benzene rings is 2. The molecule has 31 heavy (non-hydrogen) atoms. The molecule has 0 saturated carbocycles. The van der Waals surface area contributed by atoms with E-state index in [2.05, 4.69) is 4.98 Å². The largest absolute Gasteiger partial charge is 0.493 e. The average Bonchev–Trinajstić information content (AvgIpc) is 2.73. The molecule has 0 aliphatic rings. The minimum absolute atomic E-state index is 0.0955. The first kappa shape index (κ1) is 23.1. The molecule has 2 unspecified atom stereocenters. The summed E-state index contributed by atoms with van der Waals surface area (Å²) in [6.45, 7) is 3.28. The number of aryl methyl sites for hydroxylation is 1. The van der Waals surface area contributed by atoms with Crippen LogP contribution < -0.4 is 4.74 Å². The van der Waals surface area contributed by atoms with Crippen molar-refractivity contribution in [1.29, 1.82) is 0 Å². The van der Waals surface area contributed by atoms with Crippen molar-refractivity contribution in [3.8, 4) is 5.75 Å². The molecule has 3 nitrogen and oxygen atoms in total. The normalized spacial score (nSPS) is 14.7. The summed E-state index contributed by atoms with van der Waals surface area (Å²) in [6.07, 6.45) is -2.99. The molecule has 2 aromatic carbocycles. The van der Waals surface area contributed by atoms with Gasteiger partial charge in [-0.1, -0.05) is 54.9 Å². The second-order valence-electron chi connectivity index (χ2n) is 7.44. The molecule has 0 radical (unpaired) electrons. The SMILES string of the molecule is Cc1cc(C(O)(C(C)c2ccc(OCCc3ccccc3)cc2Cl)C(F)(F)F)ccn1. The highest BCUT2D eigenvalue weighted by Gasteiger charge is 2.59. The zero-order valence-corrected chi connectivity index (χ0v) is 17.9. The lowest BCUT2D eigenvalue weighted by atomic mass is 9.78.